The molecular formula is C12H15NO5. The number of hydrogen-bond acceptors (Lipinski definition) is 4. The maximum absolute atomic E-state index is 11.1. The molecular weight excluding hydrogens is 238 g/mol. The molecule has 1 aromatic carbocycles. The first-order valence-electron chi connectivity index (χ1n) is 5.60. The van der Waals surface area contributed by atoms with Crippen LogP contribution in [0, 0.1) is 10.1 Å². The third-order valence-corrected chi connectivity index (χ3v) is 2.63. The van der Waals surface area contributed by atoms with Gasteiger partial charge in [-0.1, -0.05) is 19.4 Å². The topological polar surface area (TPSA) is 89.7 Å². The summed E-state index contributed by atoms with van der Waals surface area (Å²) >= 11 is 0. The molecule has 0 radical (unpaired) electrons. The average molecular weight is 253 g/mol. The zero-order valence-electron chi connectivity index (χ0n) is 10.3. The number of carboxylic acids is 1. The number of nitrogens with zero attached hydrogens (tertiary/aromatic N) is 1. The minimum atomic E-state index is -1.24. The molecule has 1 aromatic rings. The molecule has 6 heteroatoms. The first-order valence-corrected chi connectivity index (χ1v) is 5.60. The van der Waals surface area contributed by atoms with Crippen molar-refractivity contribution in [1.82, 2.24) is 0 Å². The molecule has 0 saturated carbocycles. The van der Waals surface area contributed by atoms with Gasteiger partial charge in [0.15, 0.2) is 0 Å². The lowest BCUT2D eigenvalue weighted by atomic mass is 10.0. The van der Waals surface area contributed by atoms with E-state index < -0.39 is 10.9 Å². The Labute approximate surface area is 104 Å². The number of carbonyl (C=O) groups is 1. The normalized spacial score (nSPS) is 10.1. The number of carboxylic acid groups (broad SMARTS) is 1. The summed E-state index contributed by atoms with van der Waals surface area (Å²) in [5.74, 6) is -1.42. The number of nitro groups is 1. The molecule has 0 aliphatic heterocycles. The zero-order valence-corrected chi connectivity index (χ0v) is 10.3. The van der Waals surface area contributed by atoms with E-state index in [0.717, 1.165) is 12.8 Å². The third kappa shape index (κ3) is 2.77. The Morgan fingerprint density at radius 1 is 1.50 bits per heavy atom. The maximum atomic E-state index is 11.1. The van der Waals surface area contributed by atoms with Gasteiger partial charge in [0.1, 0.15) is 5.56 Å². The Bertz CT molecular complexity index is 470. The number of aryl methyl sites for hydroxylation is 1. The molecule has 0 bridgehead atoms. The molecule has 98 valence electrons. The molecule has 0 aliphatic rings. The van der Waals surface area contributed by atoms with Crippen LogP contribution in [0.4, 0.5) is 5.69 Å². The highest BCUT2D eigenvalue weighted by molar-refractivity contribution is 5.93. The van der Waals surface area contributed by atoms with Gasteiger partial charge in [0, 0.05) is 5.56 Å². The van der Waals surface area contributed by atoms with Gasteiger partial charge in [-0.05, 0) is 18.9 Å². The lowest BCUT2D eigenvalue weighted by molar-refractivity contribution is -0.386. The number of aromatic carboxylic acids is 1. The summed E-state index contributed by atoms with van der Waals surface area (Å²) in [6.07, 6.45) is 2.24. The van der Waals surface area contributed by atoms with Crippen LogP contribution in [0.5, 0.6) is 5.75 Å². The standard InChI is InChI=1S/C12H15NO5/c1-3-4-5-8-6-7-9(12(14)15)11(18-2)10(8)13(16)17/h6-7H,3-5H2,1-2H3,(H,14,15). The SMILES string of the molecule is CCCCc1ccc(C(=O)O)c(OC)c1[N+](=O)[O-]. The Balaban J connectivity index is 3.38. The van der Waals surface area contributed by atoms with Crippen LogP contribution in [0.2, 0.25) is 0 Å². The first kappa shape index (κ1) is 14.0. The molecule has 0 fully saturated rings. The molecule has 0 spiro atoms. The summed E-state index contributed by atoms with van der Waals surface area (Å²) in [5, 5.41) is 20.0. The summed E-state index contributed by atoms with van der Waals surface area (Å²) in [6.45, 7) is 1.98. The van der Waals surface area contributed by atoms with E-state index in [1.54, 1.807) is 0 Å². The molecule has 1 N–H and O–H groups in total. The second-order valence-electron chi connectivity index (χ2n) is 3.82. The van der Waals surface area contributed by atoms with Gasteiger partial charge in [0.05, 0.1) is 12.0 Å². The molecule has 0 atom stereocenters. The number of rotatable bonds is 6. The van der Waals surface area contributed by atoms with Gasteiger partial charge >= 0.3 is 11.7 Å². The van der Waals surface area contributed by atoms with E-state index in [4.69, 9.17) is 9.84 Å². The second kappa shape index (κ2) is 6.00. The molecule has 0 saturated heterocycles. The maximum Gasteiger partial charge on any atom is 0.339 e. The van der Waals surface area contributed by atoms with E-state index in [0.29, 0.717) is 12.0 Å². The van der Waals surface area contributed by atoms with E-state index in [2.05, 4.69) is 0 Å². The van der Waals surface area contributed by atoms with E-state index in [-0.39, 0.29) is 17.0 Å². The van der Waals surface area contributed by atoms with Gasteiger partial charge in [0.2, 0.25) is 5.75 Å². The van der Waals surface area contributed by atoms with Gasteiger partial charge in [0.25, 0.3) is 0 Å². The Morgan fingerprint density at radius 3 is 2.61 bits per heavy atom. The minimum Gasteiger partial charge on any atom is -0.490 e. The number of nitro benzene ring substituents is 1. The van der Waals surface area contributed by atoms with Crippen molar-refractivity contribution in [2.24, 2.45) is 0 Å². The highest BCUT2D eigenvalue weighted by Crippen LogP contribution is 2.35. The lowest BCUT2D eigenvalue weighted by Gasteiger charge is -2.09. The Hall–Kier alpha value is -2.11. The molecule has 0 aliphatic carbocycles. The molecule has 6 nitrogen and oxygen atoms in total. The van der Waals surface area contributed by atoms with Gasteiger partial charge in [-0.15, -0.1) is 0 Å². The number of unbranched alkanes of at least 4 members (excludes halogenated alkanes) is 1. The predicted molar refractivity (Wildman–Crippen MR) is 65.2 cm³/mol. The molecule has 1 rings (SSSR count). The van der Waals surface area contributed by atoms with Crippen molar-refractivity contribution in [3.63, 3.8) is 0 Å². The fourth-order valence-corrected chi connectivity index (χ4v) is 1.76. The fraction of sp³-hybridized carbons (Fsp3) is 0.417. The van der Waals surface area contributed by atoms with Crippen LogP contribution < -0.4 is 4.74 Å². The van der Waals surface area contributed by atoms with Crippen molar-refractivity contribution in [1.29, 1.82) is 0 Å². The molecule has 0 unspecified atom stereocenters. The Kier molecular flexibility index (Phi) is 4.65. The van der Waals surface area contributed by atoms with Crippen LogP contribution in [-0.4, -0.2) is 23.1 Å². The van der Waals surface area contributed by atoms with E-state index in [1.807, 2.05) is 6.92 Å². The number of methoxy groups -OCH3 is 1. The molecule has 0 amide bonds. The third-order valence-electron chi connectivity index (χ3n) is 2.63. The highest BCUT2D eigenvalue weighted by atomic mass is 16.6. The van der Waals surface area contributed by atoms with Gasteiger partial charge in [-0.25, -0.2) is 4.79 Å². The molecule has 0 aromatic heterocycles. The van der Waals surface area contributed by atoms with Gasteiger partial charge < -0.3 is 9.84 Å². The zero-order chi connectivity index (χ0) is 13.7. The monoisotopic (exact) mass is 253 g/mol. The van der Waals surface area contributed by atoms with Crippen LogP contribution >= 0.6 is 0 Å². The average Bonchev–Trinajstić information content (AvgIpc) is 2.34. The summed E-state index contributed by atoms with van der Waals surface area (Å²) in [4.78, 5) is 21.5. The summed E-state index contributed by atoms with van der Waals surface area (Å²) in [6, 6.07) is 2.83. The van der Waals surface area contributed by atoms with Crippen molar-refractivity contribution in [3.05, 3.63) is 33.4 Å². The minimum absolute atomic E-state index is 0.180. The summed E-state index contributed by atoms with van der Waals surface area (Å²) < 4.78 is 4.90. The number of ether oxygens (including phenoxy) is 1. The molecule has 18 heavy (non-hydrogen) atoms. The largest absolute Gasteiger partial charge is 0.490 e. The smallest absolute Gasteiger partial charge is 0.339 e. The number of benzene rings is 1. The molecule has 0 heterocycles. The van der Waals surface area contributed by atoms with Gasteiger partial charge in [-0.3, -0.25) is 10.1 Å². The van der Waals surface area contributed by atoms with Crippen LogP contribution in [0.15, 0.2) is 12.1 Å². The lowest BCUT2D eigenvalue weighted by Crippen LogP contribution is -2.06. The van der Waals surface area contributed by atoms with Gasteiger partial charge in [-0.2, -0.15) is 0 Å². The quantitative estimate of drug-likeness (QED) is 0.621. The fourth-order valence-electron chi connectivity index (χ4n) is 1.76. The van der Waals surface area contributed by atoms with Crippen LogP contribution in [0.1, 0.15) is 35.7 Å². The van der Waals surface area contributed by atoms with Crippen LogP contribution in [0.3, 0.4) is 0 Å². The second-order valence-corrected chi connectivity index (χ2v) is 3.82. The van der Waals surface area contributed by atoms with Crippen molar-refractivity contribution >= 4 is 11.7 Å². The van der Waals surface area contributed by atoms with Crippen LogP contribution in [0.25, 0.3) is 0 Å². The van der Waals surface area contributed by atoms with Crippen molar-refractivity contribution in [2.45, 2.75) is 26.2 Å². The summed E-state index contributed by atoms with van der Waals surface area (Å²) in [5.41, 5.74) is 0.0685. The number of hydrogen-bond donors (Lipinski definition) is 1. The van der Waals surface area contributed by atoms with E-state index in [1.165, 1.54) is 19.2 Å². The Morgan fingerprint density at radius 2 is 2.17 bits per heavy atom. The predicted octanol–water partition coefficient (Wildman–Crippen LogP) is 2.64. The summed E-state index contributed by atoms with van der Waals surface area (Å²) in [7, 11) is 1.23. The highest BCUT2D eigenvalue weighted by Gasteiger charge is 2.26. The van der Waals surface area contributed by atoms with Crippen molar-refractivity contribution in [2.75, 3.05) is 7.11 Å². The van der Waals surface area contributed by atoms with Crippen LogP contribution in [-0.2, 0) is 6.42 Å². The van der Waals surface area contributed by atoms with Crippen molar-refractivity contribution < 1.29 is 19.6 Å². The van der Waals surface area contributed by atoms with E-state index >= 15 is 0 Å². The first-order chi connectivity index (χ1) is 8.52. The van der Waals surface area contributed by atoms with E-state index in [9.17, 15) is 14.9 Å². The van der Waals surface area contributed by atoms with Crippen molar-refractivity contribution in [3.8, 4) is 5.75 Å².